The highest BCUT2D eigenvalue weighted by molar-refractivity contribution is 5.95. The fourth-order valence-corrected chi connectivity index (χ4v) is 3.28. The van der Waals surface area contributed by atoms with E-state index in [4.69, 9.17) is 0 Å². The number of aromatic nitrogens is 3. The topological polar surface area (TPSA) is 87.7 Å². The van der Waals surface area contributed by atoms with Gasteiger partial charge in [-0.3, -0.25) is 14.6 Å². The van der Waals surface area contributed by atoms with E-state index in [1.807, 2.05) is 36.5 Å². The third-order valence-electron chi connectivity index (χ3n) is 4.75. The van der Waals surface area contributed by atoms with Crippen LogP contribution in [0, 0.1) is 0 Å². The number of rotatable bonds is 6. The van der Waals surface area contributed by atoms with Gasteiger partial charge in [-0.25, -0.2) is 5.10 Å². The Bertz CT molecular complexity index is 1190. The van der Waals surface area contributed by atoms with Crippen LogP contribution in [-0.2, 0) is 6.42 Å². The fraction of sp³-hybridized carbons (Fsp3) is 0.130. The van der Waals surface area contributed by atoms with Crippen LogP contribution in [0.3, 0.4) is 0 Å². The summed E-state index contributed by atoms with van der Waals surface area (Å²) in [5.41, 5.74) is 3.91. The van der Waals surface area contributed by atoms with Crippen molar-refractivity contribution >= 4 is 16.8 Å². The van der Waals surface area contributed by atoms with Crippen molar-refractivity contribution in [3.8, 4) is 11.3 Å². The Morgan fingerprint density at radius 2 is 1.90 bits per heavy atom. The summed E-state index contributed by atoms with van der Waals surface area (Å²) in [6.45, 7) is 0.580. The van der Waals surface area contributed by atoms with Gasteiger partial charge in [-0.15, -0.1) is 0 Å². The Hall–Kier alpha value is -3.80. The molecule has 0 saturated carbocycles. The lowest BCUT2D eigenvalue weighted by molar-refractivity contribution is 0.0953. The van der Waals surface area contributed by atoms with E-state index in [1.54, 1.807) is 24.3 Å². The molecule has 2 aromatic carbocycles. The predicted molar refractivity (Wildman–Crippen MR) is 113 cm³/mol. The monoisotopic (exact) mass is 384 g/mol. The van der Waals surface area contributed by atoms with Crippen LogP contribution in [0.4, 0.5) is 0 Å². The Kier molecular flexibility index (Phi) is 5.42. The number of benzene rings is 2. The number of H-pyrrole nitrogens is 1. The summed E-state index contributed by atoms with van der Waals surface area (Å²) in [4.78, 5) is 28.1. The molecule has 4 aromatic rings. The van der Waals surface area contributed by atoms with Crippen molar-refractivity contribution in [3.63, 3.8) is 0 Å². The number of carbonyl (C=O) groups excluding carboxylic acids is 1. The van der Waals surface area contributed by atoms with Crippen LogP contribution in [0.2, 0.25) is 0 Å². The summed E-state index contributed by atoms with van der Waals surface area (Å²) in [6, 6.07) is 20.4. The third kappa shape index (κ3) is 4.38. The number of para-hydroxylation sites is 1. The van der Waals surface area contributed by atoms with E-state index in [1.165, 1.54) is 11.6 Å². The molecule has 0 spiro atoms. The Morgan fingerprint density at radius 1 is 1.00 bits per heavy atom. The van der Waals surface area contributed by atoms with E-state index in [9.17, 15) is 9.59 Å². The van der Waals surface area contributed by atoms with Crippen LogP contribution in [-0.4, -0.2) is 27.6 Å². The van der Waals surface area contributed by atoms with Crippen molar-refractivity contribution in [3.05, 3.63) is 94.4 Å². The quantitative estimate of drug-likeness (QED) is 0.499. The number of nitrogens with zero attached hydrogens (tertiary/aromatic N) is 2. The molecule has 0 radical (unpaired) electrons. The van der Waals surface area contributed by atoms with Crippen molar-refractivity contribution in [1.29, 1.82) is 0 Å². The summed E-state index contributed by atoms with van der Waals surface area (Å²) >= 11 is 0. The molecule has 0 fully saturated rings. The highest BCUT2D eigenvalue weighted by Gasteiger charge is 2.08. The molecule has 144 valence electrons. The van der Waals surface area contributed by atoms with Crippen molar-refractivity contribution in [2.45, 2.75) is 12.8 Å². The van der Waals surface area contributed by atoms with Gasteiger partial charge >= 0.3 is 0 Å². The van der Waals surface area contributed by atoms with Gasteiger partial charge in [0, 0.05) is 35.3 Å². The number of hydrogen-bond acceptors (Lipinski definition) is 4. The molecule has 0 unspecified atom stereocenters. The fourth-order valence-electron chi connectivity index (χ4n) is 3.28. The Balaban J connectivity index is 1.37. The van der Waals surface area contributed by atoms with Gasteiger partial charge in [-0.1, -0.05) is 30.3 Å². The SMILES string of the molecule is O=C(NCCCc1ccnc2ccccc12)c1cccc(-c2ccc(=O)[nH]n2)c1. The zero-order chi connectivity index (χ0) is 20.1. The summed E-state index contributed by atoms with van der Waals surface area (Å²) in [5, 5.41) is 10.5. The summed E-state index contributed by atoms with van der Waals surface area (Å²) < 4.78 is 0. The van der Waals surface area contributed by atoms with Crippen LogP contribution in [0.5, 0.6) is 0 Å². The van der Waals surface area contributed by atoms with Gasteiger partial charge in [0.05, 0.1) is 11.2 Å². The van der Waals surface area contributed by atoms with E-state index < -0.39 is 0 Å². The second-order valence-electron chi connectivity index (χ2n) is 6.73. The first kappa shape index (κ1) is 18.6. The molecular weight excluding hydrogens is 364 g/mol. The molecule has 6 nitrogen and oxygen atoms in total. The molecule has 2 heterocycles. The van der Waals surface area contributed by atoms with Gasteiger partial charge in [0.1, 0.15) is 0 Å². The van der Waals surface area contributed by atoms with Gasteiger partial charge in [0.2, 0.25) is 0 Å². The van der Waals surface area contributed by atoms with Gasteiger partial charge in [0.25, 0.3) is 11.5 Å². The minimum absolute atomic E-state index is 0.129. The molecule has 29 heavy (non-hydrogen) atoms. The lowest BCUT2D eigenvalue weighted by Gasteiger charge is -2.08. The first-order chi connectivity index (χ1) is 14.2. The molecule has 2 aromatic heterocycles. The molecule has 4 rings (SSSR count). The highest BCUT2D eigenvalue weighted by Crippen LogP contribution is 2.18. The number of fused-ring (bicyclic) bond motifs is 1. The molecular formula is C23H20N4O2. The van der Waals surface area contributed by atoms with E-state index >= 15 is 0 Å². The zero-order valence-electron chi connectivity index (χ0n) is 15.8. The number of aryl methyl sites for hydroxylation is 1. The average Bonchev–Trinajstić information content (AvgIpc) is 2.77. The van der Waals surface area contributed by atoms with Gasteiger partial charge < -0.3 is 5.32 Å². The first-order valence-corrected chi connectivity index (χ1v) is 9.48. The summed E-state index contributed by atoms with van der Waals surface area (Å²) in [7, 11) is 0. The Morgan fingerprint density at radius 3 is 2.76 bits per heavy atom. The molecule has 0 aliphatic rings. The minimum atomic E-state index is -0.260. The van der Waals surface area contributed by atoms with E-state index in [2.05, 4.69) is 26.6 Å². The van der Waals surface area contributed by atoms with Gasteiger partial charge in [-0.05, 0) is 48.7 Å². The van der Waals surface area contributed by atoms with E-state index in [0.717, 1.165) is 29.3 Å². The molecule has 2 N–H and O–H groups in total. The zero-order valence-corrected chi connectivity index (χ0v) is 15.8. The van der Waals surface area contributed by atoms with Crippen LogP contribution in [0.15, 0.2) is 77.7 Å². The van der Waals surface area contributed by atoms with Crippen LogP contribution < -0.4 is 10.9 Å². The van der Waals surface area contributed by atoms with Crippen LogP contribution >= 0.6 is 0 Å². The molecule has 1 amide bonds. The highest BCUT2D eigenvalue weighted by atomic mass is 16.1. The predicted octanol–water partition coefficient (Wildman–Crippen LogP) is 3.35. The maximum absolute atomic E-state index is 12.5. The molecule has 6 heteroatoms. The van der Waals surface area contributed by atoms with Crippen molar-refractivity contribution < 1.29 is 4.79 Å². The largest absolute Gasteiger partial charge is 0.352 e. The van der Waals surface area contributed by atoms with Crippen LogP contribution in [0.1, 0.15) is 22.3 Å². The second-order valence-corrected chi connectivity index (χ2v) is 6.73. The number of pyridine rings is 1. The third-order valence-corrected chi connectivity index (χ3v) is 4.75. The van der Waals surface area contributed by atoms with Gasteiger partial charge in [0.15, 0.2) is 0 Å². The normalized spacial score (nSPS) is 10.8. The van der Waals surface area contributed by atoms with Gasteiger partial charge in [-0.2, -0.15) is 5.10 Å². The number of aromatic amines is 1. The lowest BCUT2D eigenvalue weighted by Crippen LogP contribution is -2.24. The molecule has 0 saturated heterocycles. The number of amides is 1. The lowest BCUT2D eigenvalue weighted by atomic mass is 10.0. The first-order valence-electron chi connectivity index (χ1n) is 9.48. The van der Waals surface area contributed by atoms with E-state index in [0.29, 0.717) is 17.8 Å². The maximum Gasteiger partial charge on any atom is 0.264 e. The second kappa shape index (κ2) is 8.48. The number of hydrogen-bond donors (Lipinski definition) is 2. The molecule has 0 aliphatic heterocycles. The summed E-state index contributed by atoms with van der Waals surface area (Å²) in [6.07, 6.45) is 3.53. The standard InChI is InChI=1S/C23H20N4O2/c28-22-11-10-20(26-27-22)17-5-3-6-18(15-17)23(29)25-13-4-7-16-12-14-24-21-9-2-1-8-19(16)21/h1-3,5-6,8-12,14-15H,4,7,13H2,(H,25,29)(H,27,28). The average molecular weight is 384 g/mol. The molecule has 0 atom stereocenters. The smallest absolute Gasteiger partial charge is 0.264 e. The molecule has 0 aliphatic carbocycles. The van der Waals surface area contributed by atoms with Crippen molar-refractivity contribution in [1.82, 2.24) is 20.5 Å². The number of nitrogens with one attached hydrogen (secondary N) is 2. The van der Waals surface area contributed by atoms with Crippen molar-refractivity contribution in [2.75, 3.05) is 6.54 Å². The summed E-state index contributed by atoms with van der Waals surface area (Å²) in [5.74, 6) is -0.129. The number of carbonyl (C=O) groups is 1. The van der Waals surface area contributed by atoms with Crippen LogP contribution in [0.25, 0.3) is 22.2 Å². The van der Waals surface area contributed by atoms with Crippen molar-refractivity contribution in [2.24, 2.45) is 0 Å². The minimum Gasteiger partial charge on any atom is -0.352 e. The maximum atomic E-state index is 12.5. The van der Waals surface area contributed by atoms with E-state index in [-0.39, 0.29) is 11.5 Å². The Labute approximate surface area is 167 Å². The molecule has 0 bridgehead atoms.